The van der Waals surface area contributed by atoms with Gasteiger partial charge in [-0.1, -0.05) is 48.5 Å². The van der Waals surface area contributed by atoms with E-state index in [1.54, 1.807) is 11.4 Å². The van der Waals surface area contributed by atoms with E-state index in [1.807, 2.05) is 30.3 Å². The van der Waals surface area contributed by atoms with Crippen LogP contribution in [0.15, 0.2) is 59.6 Å². The summed E-state index contributed by atoms with van der Waals surface area (Å²) in [5.41, 5.74) is 3.27. The number of fused-ring (bicyclic) bond motifs is 1. The summed E-state index contributed by atoms with van der Waals surface area (Å²) in [5.74, 6) is 1.32. The van der Waals surface area contributed by atoms with E-state index in [2.05, 4.69) is 39.5 Å². The third-order valence-electron chi connectivity index (χ3n) is 5.79. The SMILES string of the molecule is CN=C(NCCS(=O)(=O)N1CCc2ccccc21)N1CCC(c2ccccc2)C1.I. The van der Waals surface area contributed by atoms with Crippen molar-refractivity contribution in [3.05, 3.63) is 65.7 Å². The van der Waals surface area contributed by atoms with Crippen LogP contribution in [0.2, 0.25) is 0 Å². The van der Waals surface area contributed by atoms with Gasteiger partial charge in [0.2, 0.25) is 10.0 Å². The molecule has 1 fully saturated rings. The van der Waals surface area contributed by atoms with Crippen molar-refractivity contribution in [2.45, 2.75) is 18.8 Å². The van der Waals surface area contributed by atoms with Gasteiger partial charge >= 0.3 is 0 Å². The topological polar surface area (TPSA) is 65.0 Å². The van der Waals surface area contributed by atoms with E-state index in [4.69, 9.17) is 0 Å². The molecule has 0 amide bonds. The number of sulfonamides is 1. The minimum atomic E-state index is -3.36. The monoisotopic (exact) mass is 540 g/mol. The molecule has 30 heavy (non-hydrogen) atoms. The molecule has 2 aliphatic rings. The number of rotatable bonds is 5. The molecular formula is C22H29IN4O2S. The highest BCUT2D eigenvalue weighted by Crippen LogP contribution is 2.30. The first-order valence-corrected chi connectivity index (χ1v) is 11.8. The highest BCUT2D eigenvalue weighted by molar-refractivity contribution is 14.0. The summed E-state index contributed by atoms with van der Waals surface area (Å²) in [4.78, 5) is 6.59. The second kappa shape index (κ2) is 10.00. The van der Waals surface area contributed by atoms with Crippen LogP contribution in [0.25, 0.3) is 0 Å². The molecule has 0 bridgehead atoms. The molecule has 0 aliphatic carbocycles. The zero-order valence-electron chi connectivity index (χ0n) is 17.2. The van der Waals surface area contributed by atoms with Crippen molar-refractivity contribution >= 4 is 45.6 Å². The van der Waals surface area contributed by atoms with Crippen molar-refractivity contribution in [3.63, 3.8) is 0 Å². The van der Waals surface area contributed by atoms with Crippen molar-refractivity contribution in [1.82, 2.24) is 10.2 Å². The Morgan fingerprint density at radius 3 is 2.60 bits per heavy atom. The number of aliphatic imine (C=N–C) groups is 1. The van der Waals surface area contributed by atoms with Crippen LogP contribution in [-0.4, -0.2) is 58.3 Å². The van der Waals surface area contributed by atoms with Crippen LogP contribution in [0, 0.1) is 0 Å². The fourth-order valence-corrected chi connectivity index (χ4v) is 5.71. The van der Waals surface area contributed by atoms with Crippen LogP contribution in [0.5, 0.6) is 0 Å². The van der Waals surface area contributed by atoms with E-state index in [9.17, 15) is 8.42 Å². The van der Waals surface area contributed by atoms with E-state index < -0.39 is 10.0 Å². The predicted octanol–water partition coefficient (Wildman–Crippen LogP) is 3.06. The van der Waals surface area contributed by atoms with Crippen molar-refractivity contribution in [2.24, 2.45) is 4.99 Å². The Balaban J connectivity index is 0.00000256. The minimum absolute atomic E-state index is 0. The molecule has 1 saturated heterocycles. The summed E-state index contributed by atoms with van der Waals surface area (Å²) < 4.78 is 27.3. The molecule has 4 rings (SSSR count). The molecule has 1 unspecified atom stereocenters. The lowest BCUT2D eigenvalue weighted by Gasteiger charge is -2.23. The molecular weight excluding hydrogens is 511 g/mol. The molecule has 2 heterocycles. The van der Waals surface area contributed by atoms with Crippen LogP contribution in [0.1, 0.15) is 23.5 Å². The lowest BCUT2D eigenvalue weighted by atomic mass is 9.99. The number of halogens is 1. The fourth-order valence-electron chi connectivity index (χ4n) is 4.28. The fraction of sp³-hybridized carbons (Fsp3) is 0.409. The number of nitrogens with zero attached hydrogens (tertiary/aromatic N) is 3. The van der Waals surface area contributed by atoms with Gasteiger partial charge in [0.1, 0.15) is 0 Å². The number of anilines is 1. The largest absolute Gasteiger partial charge is 0.355 e. The van der Waals surface area contributed by atoms with Gasteiger partial charge in [0.25, 0.3) is 0 Å². The van der Waals surface area contributed by atoms with Gasteiger partial charge in [-0.2, -0.15) is 0 Å². The standard InChI is InChI=1S/C22H28N4O2S.HI/c1-23-22(25-14-11-20(17-25)18-7-3-2-4-8-18)24-13-16-29(27,28)26-15-12-19-9-5-6-10-21(19)26;/h2-10,20H,11-17H2,1H3,(H,23,24);1H. The zero-order chi connectivity index (χ0) is 20.3. The third-order valence-corrected chi connectivity index (χ3v) is 7.56. The quantitative estimate of drug-likeness (QED) is 0.360. The summed E-state index contributed by atoms with van der Waals surface area (Å²) in [5, 5.41) is 3.26. The first kappa shape index (κ1) is 22.9. The van der Waals surface area contributed by atoms with E-state index in [0.717, 1.165) is 43.1 Å². The highest BCUT2D eigenvalue weighted by atomic mass is 127. The van der Waals surface area contributed by atoms with Crippen molar-refractivity contribution < 1.29 is 8.42 Å². The smallest absolute Gasteiger partial charge is 0.236 e. The zero-order valence-corrected chi connectivity index (χ0v) is 20.3. The van der Waals surface area contributed by atoms with Crippen molar-refractivity contribution in [2.75, 3.05) is 43.3 Å². The molecule has 162 valence electrons. The number of hydrogen-bond donors (Lipinski definition) is 1. The molecule has 6 nitrogen and oxygen atoms in total. The predicted molar refractivity (Wildman–Crippen MR) is 133 cm³/mol. The Labute approximate surface area is 196 Å². The lowest BCUT2D eigenvalue weighted by Crippen LogP contribution is -2.43. The summed E-state index contributed by atoms with van der Waals surface area (Å²) in [6.07, 6.45) is 1.85. The molecule has 1 N–H and O–H groups in total. The Morgan fingerprint density at radius 2 is 1.83 bits per heavy atom. The molecule has 1 atom stereocenters. The number of hydrogen-bond acceptors (Lipinski definition) is 3. The van der Waals surface area contributed by atoms with Crippen LogP contribution < -0.4 is 9.62 Å². The third kappa shape index (κ3) is 4.91. The van der Waals surface area contributed by atoms with Crippen LogP contribution in [0.4, 0.5) is 5.69 Å². The van der Waals surface area contributed by atoms with Crippen LogP contribution in [0.3, 0.4) is 0 Å². The minimum Gasteiger partial charge on any atom is -0.355 e. The maximum absolute atomic E-state index is 12.9. The van der Waals surface area contributed by atoms with E-state index in [-0.39, 0.29) is 29.7 Å². The van der Waals surface area contributed by atoms with E-state index >= 15 is 0 Å². The first-order chi connectivity index (χ1) is 14.1. The number of para-hydroxylation sites is 1. The molecule has 0 radical (unpaired) electrons. The number of benzene rings is 2. The lowest BCUT2D eigenvalue weighted by molar-refractivity contribution is 0.488. The molecule has 0 saturated carbocycles. The maximum Gasteiger partial charge on any atom is 0.236 e. The summed E-state index contributed by atoms with van der Waals surface area (Å²) >= 11 is 0. The summed E-state index contributed by atoms with van der Waals surface area (Å²) in [7, 11) is -1.60. The Bertz CT molecular complexity index is 982. The van der Waals surface area contributed by atoms with Gasteiger partial charge in [-0.3, -0.25) is 9.30 Å². The number of nitrogens with one attached hydrogen (secondary N) is 1. The van der Waals surface area contributed by atoms with Gasteiger partial charge in [0.15, 0.2) is 5.96 Å². The van der Waals surface area contributed by atoms with Gasteiger partial charge in [-0.15, -0.1) is 24.0 Å². The molecule has 0 spiro atoms. The average Bonchev–Trinajstić information content (AvgIpc) is 3.40. The van der Waals surface area contributed by atoms with Crippen molar-refractivity contribution in [3.8, 4) is 0 Å². The maximum atomic E-state index is 12.9. The van der Waals surface area contributed by atoms with Gasteiger partial charge in [0, 0.05) is 39.1 Å². The molecule has 2 aliphatic heterocycles. The second-order valence-corrected chi connectivity index (χ2v) is 9.60. The van der Waals surface area contributed by atoms with E-state index in [1.165, 1.54) is 5.56 Å². The number of likely N-dealkylation sites (tertiary alicyclic amines) is 1. The second-order valence-electron chi connectivity index (χ2n) is 7.58. The molecule has 8 heteroatoms. The summed E-state index contributed by atoms with van der Waals surface area (Å²) in [6, 6.07) is 18.3. The Kier molecular flexibility index (Phi) is 7.62. The molecule has 2 aromatic carbocycles. The van der Waals surface area contributed by atoms with Crippen LogP contribution in [-0.2, 0) is 16.4 Å². The van der Waals surface area contributed by atoms with Crippen LogP contribution >= 0.6 is 24.0 Å². The molecule has 0 aromatic heterocycles. The summed E-state index contributed by atoms with van der Waals surface area (Å²) in [6.45, 7) is 2.70. The van der Waals surface area contributed by atoms with Crippen molar-refractivity contribution in [1.29, 1.82) is 0 Å². The van der Waals surface area contributed by atoms with Gasteiger partial charge in [-0.05, 0) is 30.0 Å². The van der Waals surface area contributed by atoms with Gasteiger partial charge < -0.3 is 10.2 Å². The first-order valence-electron chi connectivity index (χ1n) is 10.2. The van der Waals surface area contributed by atoms with Gasteiger partial charge in [-0.25, -0.2) is 8.42 Å². The normalized spacial score (nSPS) is 18.8. The Hall–Kier alpha value is -1.81. The highest BCUT2D eigenvalue weighted by Gasteiger charge is 2.29. The number of guanidine groups is 1. The average molecular weight is 540 g/mol. The van der Waals surface area contributed by atoms with E-state index in [0.29, 0.717) is 19.0 Å². The van der Waals surface area contributed by atoms with Gasteiger partial charge in [0.05, 0.1) is 11.4 Å². The Morgan fingerprint density at radius 1 is 1.10 bits per heavy atom. The molecule has 2 aromatic rings.